The first-order valence-electron chi connectivity index (χ1n) is 8.71. The molecule has 6 atom stereocenters. The first-order chi connectivity index (χ1) is 11.3. The van der Waals surface area contributed by atoms with E-state index in [9.17, 15) is 10.2 Å². The van der Waals surface area contributed by atoms with Gasteiger partial charge in [-0.25, -0.2) is 0 Å². The van der Waals surface area contributed by atoms with E-state index >= 15 is 0 Å². The summed E-state index contributed by atoms with van der Waals surface area (Å²) in [5.41, 5.74) is -0.217. The third kappa shape index (κ3) is 4.17. The van der Waals surface area contributed by atoms with Crippen LogP contribution in [0.1, 0.15) is 40.0 Å². The fraction of sp³-hybridized carbons (Fsp3) is 0.889. The van der Waals surface area contributed by atoms with E-state index in [1.165, 1.54) is 17.3 Å². The van der Waals surface area contributed by atoms with Gasteiger partial charge < -0.3 is 24.8 Å². The Bertz CT molecular complexity index is 453. The second-order valence-electron chi connectivity index (χ2n) is 7.47. The first-order valence-corrected chi connectivity index (χ1v) is 9.87. The molecule has 1 saturated carbocycles. The Hall–Kier alpha value is -0.110. The van der Waals surface area contributed by atoms with Crippen LogP contribution < -0.4 is 0 Å². The number of ether oxygens (including phenoxy) is 2. The van der Waals surface area contributed by atoms with Gasteiger partial charge in [0.1, 0.15) is 5.60 Å². The molecular weight excluding hydrogens is 328 g/mol. The van der Waals surface area contributed by atoms with Gasteiger partial charge in [0.25, 0.3) is 0 Å². The summed E-state index contributed by atoms with van der Waals surface area (Å²) in [4.78, 5) is 0. The Kier molecular flexibility index (Phi) is 6.79. The lowest BCUT2D eigenvalue weighted by Crippen LogP contribution is -2.60. The topological polar surface area (TPSA) is 82.5 Å². The lowest BCUT2D eigenvalue weighted by Gasteiger charge is -2.48. The Morgan fingerprint density at radius 2 is 2.12 bits per heavy atom. The summed E-state index contributed by atoms with van der Waals surface area (Å²) in [6.45, 7) is 6.24. The van der Waals surface area contributed by atoms with E-state index in [4.69, 9.17) is 14.6 Å². The van der Waals surface area contributed by atoms with E-state index in [0.29, 0.717) is 24.3 Å². The van der Waals surface area contributed by atoms with Crippen LogP contribution in [0.4, 0.5) is 0 Å². The highest BCUT2D eigenvalue weighted by atomic mass is 32.2. The molecule has 5 nitrogen and oxygen atoms in total. The Morgan fingerprint density at radius 1 is 1.42 bits per heavy atom. The van der Waals surface area contributed by atoms with Gasteiger partial charge in [-0.2, -0.15) is 11.8 Å². The molecule has 140 valence electrons. The highest BCUT2D eigenvalue weighted by molar-refractivity contribution is 7.99. The van der Waals surface area contributed by atoms with Crippen molar-refractivity contribution in [1.29, 1.82) is 0 Å². The van der Waals surface area contributed by atoms with Crippen molar-refractivity contribution < 1.29 is 24.8 Å². The van der Waals surface area contributed by atoms with Crippen LogP contribution in [0.25, 0.3) is 0 Å². The van der Waals surface area contributed by atoms with Gasteiger partial charge in [-0.15, -0.1) is 0 Å². The molecule has 0 amide bonds. The number of allylic oxidation sites excluding steroid dienone is 1. The Balaban J connectivity index is 2.20. The van der Waals surface area contributed by atoms with Crippen molar-refractivity contribution in [1.82, 2.24) is 0 Å². The van der Waals surface area contributed by atoms with E-state index < -0.39 is 23.4 Å². The standard InChI is InChI=1S/C18H32O5S/c1-12(2)5-6-14-17(3,23-14)16-15(22-4)13(20)7-8-18(16,21)11-24-10-9-19/h5,13-16,19-21H,6-11H2,1-4H3. The zero-order valence-corrected chi connectivity index (χ0v) is 16.0. The highest BCUT2D eigenvalue weighted by Gasteiger charge is 2.66. The van der Waals surface area contributed by atoms with Crippen LogP contribution >= 0.6 is 11.8 Å². The Labute approximate surface area is 149 Å². The van der Waals surface area contributed by atoms with Crippen molar-refractivity contribution in [3.05, 3.63) is 11.6 Å². The van der Waals surface area contributed by atoms with E-state index in [2.05, 4.69) is 19.9 Å². The molecule has 0 aromatic carbocycles. The SMILES string of the molecule is COC1C(O)CCC(O)(CSCCO)C1C1(C)OC1CC=C(C)C. The molecule has 3 N–H and O–H groups in total. The summed E-state index contributed by atoms with van der Waals surface area (Å²) in [6, 6.07) is 0. The van der Waals surface area contributed by atoms with Gasteiger partial charge in [-0.1, -0.05) is 11.6 Å². The molecule has 1 aliphatic heterocycles. The van der Waals surface area contributed by atoms with Gasteiger partial charge >= 0.3 is 0 Å². The van der Waals surface area contributed by atoms with Crippen LogP contribution in [0.3, 0.4) is 0 Å². The lowest BCUT2D eigenvalue weighted by atomic mass is 9.66. The fourth-order valence-corrected chi connectivity index (χ4v) is 5.00. The molecule has 0 spiro atoms. The summed E-state index contributed by atoms with van der Waals surface area (Å²) in [5, 5.41) is 30.8. The second kappa shape index (κ2) is 8.06. The maximum atomic E-state index is 11.4. The summed E-state index contributed by atoms with van der Waals surface area (Å²) in [7, 11) is 1.59. The predicted molar refractivity (Wildman–Crippen MR) is 96.2 cm³/mol. The summed E-state index contributed by atoms with van der Waals surface area (Å²) >= 11 is 1.53. The highest BCUT2D eigenvalue weighted by Crippen LogP contribution is 2.54. The zero-order valence-electron chi connectivity index (χ0n) is 15.2. The van der Waals surface area contributed by atoms with Gasteiger partial charge in [0.05, 0.1) is 30.5 Å². The van der Waals surface area contributed by atoms with Crippen LogP contribution in [-0.2, 0) is 9.47 Å². The quantitative estimate of drug-likeness (QED) is 0.347. The molecule has 2 fully saturated rings. The molecule has 1 heterocycles. The van der Waals surface area contributed by atoms with E-state index in [-0.39, 0.29) is 18.6 Å². The maximum Gasteiger partial charge on any atom is 0.100 e. The van der Waals surface area contributed by atoms with Gasteiger partial charge in [0, 0.05) is 24.5 Å². The largest absolute Gasteiger partial charge is 0.396 e. The number of rotatable bonds is 8. The van der Waals surface area contributed by atoms with Gasteiger partial charge in [-0.3, -0.25) is 0 Å². The molecular formula is C18H32O5S. The average molecular weight is 361 g/mol. The van der Waals surface area contributed by atoms with Crippen LogP contribution in [0.15, 0.2) is 11.6 Å². The molecule has 1 aliphatic carbocycles. The van der Waals surface area contributed by atoms with Crippen LogP contribution in [-0.4, -0.2) is 70.1 Å². The number of thioether (sulfide) groups is 1. The third-order valence-corrected chi connectivity index (χ3v) is 6.53. The molecule has 2 rings (SSSR count). The van der Waals surface area contributed by atoms with Crippen LogP contribution in [0, 0.1) is 5.92 Å². The monoisotopic (exact) mass is 360 g/mol. The van der Waals surface area contributed by atoms with E-state index in [1.807, 2.05) is 6.92 Å². The molecule has 0 aromatic heterocycles. The van der Waals surface area contributed by atoms with Crippen molar-refractivity contribution >= 4 is 11.8 Å². The third-order valence-electron chi connectivity index (χ3n) is 5.36. The van der Waals surface area contributed by atoms with E-state index in [1.54, 1.807) is 7.11 Å². The molecule has 6 unspecified atom stereocenters. The Morgan fingerprint density at radius 3 is 2.71 bits per heavy atom. The minimum atomic E-state index is -0.964. The smallest absolute Gasteiger partial charge is 0.100 e. The van der Waals surface area contributed by atoms with Crippen molar-refractivity contribution in [3.63, 3.8) is 0 Å². The number of hydrogen-bond acceptors (Lipinski definition) is 6. The minimum Gasteiger partial charge on any atom is -0.396 e. The molecule has 0 radical (unpaired) electrons. The first kappa shape index (κ1) is 20.2. The van der Waals surface area contributed by atoms with Crippen molar-refractivity contribution in [2.75, 3.05) is 25.2 Å². The molecule has 0 aromatic rings. The average Bonchev–Trinajstić information content (AvgIpc) is 3.19. The van der Waals surface area contributed by atoms with Gasteiger partial charge in [0.2, 0.25) is 0 Å². The fourth-order valence-electron chi connectivity index (χ4n) is 4.04. The zero-order chi connectivity index (χ0) is 18.0. The molecule has 24 heavy (non-hydrogen) atoms. The molecule has 2 aliphatic rings. The van der Waals surface area contributed by atoms with Crippen molar-refractivity contribution in [3.8, 4) is 0 Å². The number of aliphatic hydroxyl groups excluding tert-OH is 2. The second-order valence-corrected chi connectivity index (χ2v) is 8.58. The number of hydrogen-bond donors (Lipinski definition) is 3. The molecule has 1 saturated heterocycles. The van der Waals surface area contributed by atoms with Gasteiger partial charge in [-0.05, 0) is 40.0 Å². The van der Waals surface area contributed by atoms with Crippen molar-refractivity contribution in [2.24, 2.45) is 5.92 Å². The summed E-state index contributed by atoms with van der Waals surface area (Å²) in [5.74, 6) is 0.813. The molecule has 6 heteroatoms. The van der Waals surface area contributed by atoms with Crippen LogP contribution in [0.2, 0.25) is 0 Å². The van der Waals surface area contributed by atoms with E-state index in [0.717, 1.165) is 6.42 Å². The number of aliphatic hydroxyl groups is 3. The van der Waals surface area contributed by atoms with Crippen molar-refractivity contribution in [2.45, 2.75) is 69.5 Å². The summed E-state index contributed by atoms with van der Waals surface area (Å²) in [6.07, 6.45) is 2.99. The van der Waals surface area contributed by atoms with Crippen LogP contribution in [0.5, 0.6) is 0 Å². The number of epoxide rings is 1. The lowest BCUT2D eigenvalue weighted by molar-refractivity contribution is -0.169. The summed E-state index contributed by atoms with van der Waals surface area (Å²) < 4.78 is 11.6. The maximum absolute atomic E-state index is 11.4. The predicted octanol–water partition coefficient (Wildman–Crippen LogP) is 1.74. The number of methoxy groups -OCH3 is 1. The normalized spacial score (nSPS) is 42.0. The minimum absolute atomic E-state index is 0.0368. The molecule has 0 bridgehead atoms. The van der Waals surface area contributed by atoms with Gasteiger partial charge in [0.15, 0.2) is 0 Å².